The minimum atomic E-state index is -0.742. The molecule has 0 saturated carbocycles. The molecule has 3 aromatic heterocycles. The predicted octanol–water partition coefficient (Wildman–Crippen LogP) is 3.39. The summed E-state index contributed by atoms with van der Waals surface area (Å²) in [6, 6.07) is 13.9. The van der Waals surface area contributed by atoms with Gasteiger partial charge in [-0.25, -0.2) is 9.37 Å². The minimum Gasteiger partial charge on any atom is -0.494 e. The standard InChI is InChI=1S/C23H25FN6O/c1-15(29-11-10-23(25,13-24)14-29)17-7-9-20-27-28-22(30(20)12-17)18-8-6-16-4-3-5-19(31-2)21(16)26-18/h3-9,12,15H,10-11,13-14,25H2,1-2H3/t15-,23-/m0/s1. The number of fused-ring (bicyclic) bond motifs is 2. The quantitative estimate of drug-likeness (QED) is 0.533. The van der Waals surface area contributed by atoms with E-state index >= 15 is 0 Å². The number of likely N-dealkylation sites (tertiary alicyclic amines) is 1. The lowest BCUT2D eigenvalue weighted by molar-refractivity contribution is 0.229. The van der Waals surface area contributed by atoms with Crippen molar-refractivity contribution in [1.29, 1.82) is 0 Å². The number of nitrogens with two attached hydrogens (primary N) is 1. The fourth-order valence-electron chi connectivity index (χ4n) is 4.32. The Morgan fingerprint density at radius 3 is 2.84 bits per heavy atom. The molecule has 4 heterocycles. The van der Waals surface area contributed by atoms with Crippen molar-refractivity contribution in [3.63, 3.8) is 0 Å². The van der Waals surface area contributed by atoms with Gasteiger partial charge in [-0.2, -0.15) is 0 Å². The monoisotopic (exact) mass is 420 g/mol. The maximum Gasteiger partial charge on any atom is 0.187 e. The van der Waals surface area contributed by atoms with Crippen molar-refractivity contribution >= 4 is 16.6 Å². The summed E-state index contributed by atoms with van der Waals surface area (Å²) in [5.74, 6) is 1.38. The van der Waals surface area contributed by atoms with Crippen LogP contribution in [0.3, 0.4) is 0 Å². The molecule has 7 nitrogen and oxygen atoms in total. The van der Waals surface area contributed by atoms with Gasteiger partial charge in [0.25, 0.3) is 0 Å². The topological polar surface area (TPSA) is 81.6 Å². The van der Waals surface area contributed by atoms with Crippen LogP contribution in [0.25, 0.3) is 28.1 Å². The number of alkyl halides is 1. The fraction of sp³-hybridized carbons (Fsp3) is 0.348. The molecule has 0 amide bonds. The molecule has 0 aliphatic carbocycles. The molecule has 31 heavy (non-hydrogen) atoms. The molecular formula is C23H25FN6O. The number of methoxy groups -OCH3 is 1. The molecule has 0 spiro atoms. The number of rotatable bonds is 5. The zero-order valence-corrected chi connectivity index (χ0v) is 17.6. The van der Waals surface area contributed by atoms with Crippen molar-refractivity contribution in [3.8, 4) is 17.3 Å². The average Bonchev–Trinajstić information content (AvgIpc) is 3.41. The van der Waals surface area contributed by atoms with E-state index < -0.39 is 12.2 Å². The van der Waals surface area contributed by atoms with Crippen LogP contribution >= 0.6 is 0 Å². The largest absolute Gasteiger partial charge is 0.494 e. The van der Waals surface area contributed by atoms with Gasteiger partial charge in [-0.3, -0.25) is 9.30 Å². The first-order valence-electron chi connectivity index (χ1n) is 10.4. The van der Waals surface area contributed by atoms with Gasteiger partial charge in [-0.1, -0.05) is 24.3 Å². The number of hydrogen-bond acceptors (Lipinski definition) is 6. The Morgan fingerprint density at radius 1 is 1.19 bits per heavy atom. The number of nitrogens with zero attached hydrogens (tertiary/aromatic N) is 5. The summed E-state index contributed by atoms with van der Waals surface area (Å²) in [4.78, 5) is 7.03. The first-order chi connectivity index (χ1) is 15.0. The Labute approximate surface area is 179 Å². The van der Waals surface area contributed by atoms with Crippen LogP contribution in [0.15, 0.2) is 48.7 Å². The summed E-state index contributed by atoms with van der Waals surface area (Å²) < 4.78 is 20.7. The summed E-state index contributed by atoms with van der Waals surface area (Å²) in [5, 5.41) is 9.70. The van der Waals surface area contributed by atoms with E-state index in [0.717, 1.165) is 34.4 Å². The summed E-state index contributed by atoms with van der Waals surface area (Å²) in [5.41, 5.74) is 8.74. The Morgan fingerprint density at radius 2 is 2.06 bits per heavy atom. The first-order valence-corrected chi connectivity index (χ1v) is 10.4. The van der Waals surface area contributed by atoms with E-state index in [0.29, 0.717) is 24.5 Å². The lowest BCUT2D eigenvalue weighted by atomic mass is 10.0. The summed E-state index contributed by atoms with van der Waals surface area (Å²) in [7, 11) is 1.64. The lowest BCUT2D eigenvalue weighted by Crippen LogP contribution is -2.45. The molecule has 1 aromatic carbocycles. The van der Waals surface area contributed by atoms with Crippen molar-refractivity contribution < 1.29 is 9.13 Å². The van der Waals surface area contributed by atoms with Crippen molar-refractivity contribution in [2.24, 2.45) is 5.73 Å². The number of hydrogen-bond donors (Lipinski definition) is 1. The van der Waals surface area contributed by atoms with Gasteiger partial charge >= 0.3 is 0 Å². The number of aromatic nitrogens is 4. The van der Waals surface area contributed by atoms with Crippen molar-refractivity contribution in [3.05, 3.63) is 54.2 Å². The summed E-state index contributed by atoms with van der Waals surface area (Å²) in [6.45, 7) is 2.95. The third kappa shape index (κ3) is 3.41. The third-order valence-electron chi connectivity index (χ3n) is 6.27. The van der Waals surface area contributed by atoms with Gasteiger partial charge in [-0.05, 0) is 37.1 Å². The van der Waals surface area contributed by atoms with E-state index in [2.05, 4.69) is 22.0 Å². The van der Waals surface area contributed by atoms with E-state index in [9.17, 15) is 4.39 Å². The molecule has 160 valence electrons. The third-order valence-corrected chi connectivity index (χ3v) is 6.27. The molecule has 0 radical (unpaired) electrons. The molecule has 4 aromatic rings. The number of para-hydroxylation sites is 1. The molecule has 8 heteroatoms. The smallest absolute Gasteiger partial charge is 0.187 e. The molecule has 1 aliphatic heterocycles. The predicted molar refractivity (Wildman–Crippen MR) is 118 cm³/mol. The van der Waals surface area contributed by atoms with E-state index in [1.165, 1.54) is 0 Å². The Hall–Kier alpha value is -3.10. The van der Waals surface area contributed by atoms with Gasteiger partial charge in [0.15, 0.2) is 11.5 Å². The van der Waals surface area contributed by atoms with Crippen LogP contribution < -0.4 is 10.5 Å². The van der Waals surface area contributed by atoms with Gasteiger partial charge < -0.3 is 10.5 Å². The SMILES string of the molecule is COc1cccc2ccc(-c3nnc4ccc([C@H](C)N5CC[C@](N)(CF)C5)cn34)nc12. The van der Waals surface area contributed by atoms with Crippen LogP contribution in [0.5, 0.6) is 5.75 Å². The van der Waals surface area contributed by atoms with Gasteiger partial charge in [0.1, 0.15) is 23.6 Å². The molecule has 0 bridgehead atoms. The number of benzene rings is 1. The van der Waals surface area contributed by atoms with Crippen LogP contribution in [0, 0.1) is 0 Å². The van der Waals surface area contributed by atoms with Crippen LogP contribution in [0.4, 0.5) is 4.39 Å². The van der Waals surface area contributed by atoms with Gasteiger partial charge in [0.05, 0.1) is 12.6 Å². The van der Waals surface area contributed by atoms with Crippen LogP contribution in [-0.4, -0.2) is 56.9 Å². The van der Waals surface area contributed by atoms with Gasteiger partial charge in [-0.15, -0.1) is 10.2 Å². The highest BCUT2D eigenvalue weighted by Crippen LogP contribution is 2.30. The number of pyridine rings is 2. The molecule has 1 fully saturated rings. The second-order valence-electron chi connectivity index (χ2n) is 8.34. The summed E-state index contributed by atoms with van der Waals surface area (Å²) in [6.07, 6.45) is 2.70. The van der Waals surface area contributed by atoms with Crippen molar-refractivity contribution in [2.45, 2.75) is 24.9 Å². The number of halogens is 1. The zero-order chi connectivity index (χ0) is 21.6. The fourth-order valence-corrected chi connectivity index (χ4v) is 4.32. The van der Waals surface area contributed by atoms with Gasteiger partial charge in [0, 0.05) is 30.7 Å². The highest BCUT2D eigenvalue weighted by Gasteiger charge is 2.36. The van der Waals surface area contributed by atoms with Crippen LogP contribution in [-0.2, 0) is 0 Å². The molecule has 1 aliphatic rings. The summed E-state index contributed by atoms with van der Waals surface area (Å²) >= 11 is 0. The molecular weight excluding hydrogens is 395 g/mol. The Balaban J connectivity index is 1.53. The molecule has 2 N–H and O–H groups in total. The van der Waals surface area contributed by atoms with E-state index in [4.69, 9.17) is 15.5 Å². The average molecular weight is 420 g/mol. The van der Waals surface area contributed by atoms with Crippen molar-refractivity contribution in [2.75, 3.05) is 26.9 Å². The Kier molecular flexibility index (Phi) is 4.83. The lowest BCUT2D eigenvalue weighted by Gasteiger charge is -2.26. The van der Waals surface area contributed by atoms with Gasteiger partial charge in [0.2, 0.25) is 0 Å². The molecule has 2 atom stereocenters. The van der Waals surface area contributed by atoms with Crippen LogP contribution in [0.1, 0.15) is 24.9 Å². The highest BCUT2D eigenvalue weighted by atomic mass is 19.1. The number of ether oxygens (including phenoxy) is 1. The second-order valence-corrected chi connectivity index (χ2v) is 8.34. The zero-order valence-electron chi connectivity index (χ0n) is 17.6. The normalized spacial score (nSPS) is 20.5. The highest BCUT2D eigenvalue weighted by molar-refractivity contribution is 5.86. The first kappa shape index (κ1) is 19.8. The van der Waals surface area contributed by atoms with Crippen molar-refractivity contribution in [1.82, 2.24) is 24.5 Å². The maximum absolute atomic E-state index is 13.3. The minimum absolute atomic E-state index is 0.0984. The molecule has 0 unspecified atom stereocenters. The van der Waals surface area contributed by atoms with E-state index in [1.54, 1.807) is 7.11 Å². The van der Waals surface area contributed by atoms with E-state index in [-0.39, 0.29) is 6.04 Å². The maximum atomic E-state index is 13.3. The second kappa shape index (κ2) is 7.55. The Bertz CT molecular complexity index is 1260. The van der Waals surface area contributed by atoms with E-state index in [1.807, 2.05) is 53.1 Å². The van der Waals surface area contributed by atoms with Crippen LogP contribution in [0.2, 0.25) is 0 Å². The molecule has 5 rings (SSSR count). The molecule has 1 saturated heterocycles.